The fourth-order valence-corrected chi connectivity index (χ4v) is 3.55. The minimum Gasteiger partial charge on any atom is -0.772 e. The zero-order chi connectivity index (χ0) is 17.9. The van der Waals surface area contributed by atoms with Crippen LogP contribution in [0, 0.1) is 0 Å². The molecule has 1 atom stereocenters. The summed E-state index contributed by atoms with van der Waals surface area (Å²) in [6, 6.07) is 13.5. The standard InChI is InChI=1S/C19H19N3O3S/c23-26(24)13-14-2-1-3-15(10-14)16-4-5-17-18(11-16)21-19(12-20-17)22-6-8-25-9-7-22/h1-5,10-12H,6-9,13H2,(H,23,24)/p-1. The highest BCUT2D eigenvalue weighted by Gasteiger charge is 2.13. The molecule has 1 aliphatic heterocycles. The summed E-state index contributed by atoms with van der Waals surface area (Å²) in [5.41, 5.74) is 4.38. The third-order valence-corrected chi connectivity index (χ3v) is 4.98. The molecular formula is C19H18N3O3S-. The number of benzene rings is 2. The van der Waals surface area contributed by atoms with Crippen LogP contribution in [0.1, 0.15) is 5.56 Å². The van der Waals surface area contributed by atoms with Gasteiger partial charge in [0.1, 0.15) is 5.82 Å². The maximum atomic E-state index is 10.9. The van der Waals surface area contributed by atoms with Crippen LogP contribution < -0.4 is 4.90 Å². The minimum absolute atomic E-state index is 0.0163. The van der Waals surface area contributed by atoms with E-state index in [1.165, 1.54) is 0 Å². The Hall–Kier alpha value is -2.35. The number of rotatable bonds is 4. The molecule has 0 aliphatic carbocycles. The second kappa shape index (κ2) is 7.49. The number of hydrogen-bond donors (Lipinski definition) is 0. The van der Waals surface area contributed by atoms with E-state index in [0.29, 0.717) is 13.2 Å². The zero-order valence-corrected chi connectivity index (χ0v) is 14.9. The topological polar surface area (TPSA) is 78.4 Å². The smallest absolute Gasteiger partial charge is 0.148 e. The highest BCUT2D eigenvalue weighted by atomic mass is 32.2. The van der Waals surface area contributed by atoms with Crippen LogP contribution in [0.5, 0.6) is 0 Å². The Labute approximate surface area is 154 Å². The molecule has 0 N–H and O–H groups in total. The largest absolute Gasteiger partial charge is 0.772 e. The lowest BCUT2D eigenvalue weighted by atomic mass is 10.0. The molecule has 7 heteroatoms. The third kappa shape index (κ3) is 3.75. The van der Waals surface area contributed by atoms with Gasteiger partial charge in [0.25, 0.3) is 0 Å². The summed E-state index contributed by atoms with van der Waals surface area (Å²) in [7, 11) is 0. The maximum absolute atomic E-state index is 10.9. The van der Waals surface area contributed by atoms with E-state index in [9.17, 15) is 8.76 Å². The Balaban J connectivity index is 1.69. The van der Waals surface area contributed by atoms with Crippen LogP contribution in [0.15, 0.2) is 48.7 Å². The van der Waals surface area contributed by atoms with Gasteiger partial charge in [-0.05, 0) is 28.8 Å². The summed E-state index contributed by atoms with van der Waals surface area (Å²) in [5, 5.41) is 0. The molecule has 2 aromatic carbocycles. The molecule has 0 amide bonds. The molecule has 0 spiro atoms. The molecule has 1 saturated heterocycles. The number of anilines is 1. The van der Waals surface area contributed by atoms with Crippen molar-refractivity contribution in [1.82, 2.24) is 9.97 Å². The number of hydrogen-bond acceptors (Lipinski definition) is 6. The van der Waals surface area contributed by atoms with E-state index in [-0.39, 0.29) is 5.75 Å². The molecule has 134 valence electrons. The highest BCUT2D eigenvalue weighted by Crippen LogP contribution is 2.25. The van der Waals surface area contributed by atoms with Gasteiger partial charge in [-0.3, -0.25) is 9.19 Å². The number of ether oxygens (including phenoxy) is 1. The summed E-state index contributed by atoms with van der Waals surface area (Å²) < 4.78 is 27.3. The van der Waals surface area contributed by atoms with Crippen LogP contribution in [0.2, 0.25) is 0 Å². The molecule has 4 rings (SSSR count). The first kappa shape index (κ1) is 17.1. The van der Waals surface area contributed by atoms with Crippen molar-refractivity contribution in [2.75, 3.05) is 31.2 Å². The van der Waals surface area contributed by atoms with Gasteiger partial charge in [0.05, 0.1) is 30.4 Å². The first-order valence-electron chi connectivity index (χ1n) is 8.44. The van der Waals surface area contributed by atoms with E-state index in [1.54, 1.807) is 6.20 Å². The Bertz CT molecular complexity index is 958. The number of fused-ring (bicyclic) bond motifs is 1. The quantitative estimate of drug-likeness (QED) is 0.659. The van der Waals surface area contributed by atoms with Gasteiger partial charge in [0, 0.05) is 18.8 Å². The molecule has 0 radical (unpaired) electrons. The minimum atomic E-state index is -2.10. The van der Waals surface area contributed by atoms with E-state index in [1.807, 2.05) is 42.5 Å². The van der Waals surface area contributed by atoms with E-state index in [2.05, 4.69) is 9.88 Å². The Morgan fingerprint density at radius 3 is 2.69 bits per heavy atom. The van der Waals surface area contributed by atoms with Gasteiger partial charge in [-0.2, -0.15) is 0 Å². The molecule has 0 saturated carbocycles. The normalized spacial score (nSPS) is 16.0. The predicted molar refractivity (Wildman–Crippen MR) is 101 cm³/mol. The molecule has 1 unspecified atom stereocenters. The molecule has 26 heavy (non-hydrogen) atoms. The molecule has 6 nitrogen and oxygen atoms in total. The molecule has 3 aromatic rings. The van der Waals surface area contributed by atoms with Gasteiger partial charge in [0.2, 0.25) is 0 Å². The zero-order valence-electron chi connectivity index (χ0n) is 14.1. The number of morpholine rings is 1. The molecule has 1 aliphatic rings. The van der Waals surface area contributed by atoms with E-state index >= 15 is 0 Å². The number of aromatic nitrogens is 2. The summed E-state index contributed by atoms with van der Waals surface area (Å²) in [5.74, 6) is 0.871. The SMILES string of the molecule is O=S([O-])Cc1cccc(-c2ccc3ncc(N4CCOCC4)nc3c2)c1. The first-order chi connectivity index (χ1) is 12.7. The second-order valence-electron chi connectivity index (χ2n) is 6.18. The Morgan fingerprint density at radius 2 is 1.88 bits per heavy atom. The van der Waals surface area contributed by atoms with Gasteiger partial charge >= 0.3 is 0 Å². The average molecular weight is 368 g/mol. The van der Waals surface area contributed by atoms with Gasteiger partial charge in [0.15, 0.2) is 0 Å². The lowest BCUT2D eigenvalue weighted by Gasteiger charge is -2.27. The van der Waals surface area contributed by atoms with Crippen LogP contribution in [0.25, 0.3) is 22.2 Å². The van der Waals surface area contributed by atoms with Crippen molar-refractivity contribution < 1.29 is 13.5 Å². The summed E-state index contributed by atoms with van der Waals surface area (Å²) >= 11 is -2.10. The summed E-state index contributed by atoms with van der Waals surface area (Å²) in [4.78, 5) is 11.5. The fraction of sp³-hybridized carbons (Fsp3) is 0.263. The van der Waals surface area contributed by atoms with Crippen LogP contribution >= 0.6 is 0 Å². The molecule has 1 fully saturated rings. The van der Waals surface area contributed by atoms with E-state index in [4.69, 9.17) is 9.72 Å². The second-order valence-corrected chi connectivity index (χ2v) is 7.08. The van der Waals surface area contributed by atoms with Crippen LogP contribution in [-0.2, 0) is 21.6 Å². The monoisotopic (exact) mass is 368 g/mol. The molecule has 1 aromatic heterocycles. The van der Waals surface area contributed by atoms with Crippen molar-refractivity contribution in [2.24, 2.45) is 0 Å². The van der Waals surface area contributed by atoms with Gasteiger partial charge in [-0.15, -0.1) is 0 Å². The Morgan fingerprint density at radius 1 is 1.08 bits per heavy atom. The number of nitrogens with zero attached hydrogens (tertiary/aromatic N) is 3. The molecule has 2 heterocycles. The lowest BCUT2D eigenvalue weighted by Crippen LogP contribution is -2.36. The highest BCUT2D eigenvalue weighted by molar-refractivity contribution is 7.78. The van der Waals surface area contributed by atoms with Crippen LogP contribution in [0.4, 0.5) is 5.82 Å². The van der Waals surface area contributed by atoms with Crippen molar-refractivity contribution in [2.45, 2.75) is 5.75 Å². The van der Waals surface area contributed by atoms with Crippen molar-refractivity contribution in [1.29, 1.82) is 0 Å². The molecule has 0 bridgehead atoms. The Kier molecular flexibility index (Phi) is 4.92. The van der Waals surface area contributed by atoms with Gasteiger partial charge < -0.3 is 14.2 Å². The van der Waals surface area contributed by atoms with Crippen molar-refractivity contribution in [3.05, 3.63) is 54.2 Å². The van der Waals surface area contributed by atoms with Crippen molar-refractivity contribution in [3.8, 4) is 11.1 Å². The fourth-order valence-electron chi connectivity index (χ4n) is 3.10. The summed E-state index contributed by atoms with van der Waals surface area (Å²) in [6.07, 6.45) is 1.80. The van der Waals surface area contributed by atoms with Crippen LogP contribution in [0.3, 0.4) is 0 Å². The van der Waals surface area contributed by atoms with Gasteiger partial charge in [-0.25, -0.2) is 4.98 Å². The van der Waals surface area contributed by atoms with E-state index < -0.39 is 11.1 Å². The van der Waals surface area contributed by atoms with E-state index in [0.717, 1.165) is 46.6 Å². The van der Waals surface area contributed by atoms with Crippen molar-refractivity contribution >= 4 is 27.9 Å². The average Bonchev–Trinajstić information content (AvgIpc) is 2.67. The van der Waals surface area contributed by atoms with Gasteiger partial charge in [-0.1, -0.05) is 41.4 Å². The first-order valence-corrected chi connectivity index (χ1v) is 9.68. The van der Waals surface area contributed by atoms with Crippen molar-refractivity contribution in [3.63, 3.8) is 0 Å². The summed E-state index contributed by atoms with van der Waals surface area (Å²) in [6.45, 7) is 3.03. The molecular weight excluding hydrogens is 350 g/mol. The third-order valence-electron chi connectivity index (χ3n) is 4.41. The predicted octanol–water partition coefficient (Wildman–Crippen LogP) is 2.51. The van der Waals surface area contributed by atoms with Crippen LogP contribution in [-0.4, -0.2) is 45.0 Å². The lowest BCUT2D eigenvalue weighted by molar-refractivity contribution is 0.122. The maximum Gasteiger partial charge on any atom is 0.148 e.